The quantitative estimate of drug-likeness (QED) is 0.748. The Kier molecular flexibility index (Phi) is 5.67. The molecule has 0 saturated carbocycles. The van der Waals surface area contributed by atoms with Crippen LogP contribution in [0, 0.1) is 0 Å². The Hall–Kier alpha value is -2.56. The summed E-state index contributed by atoms with van der Waals surface area (Å²) in [5.74, 6) is -0.972. The molecule has 0 unspecified atom stereocenters. The SMILES string of the molecule is COC(=O)CCC(=O)N(C)c1nnc(-c2cnccc2C(F)(F)F)s1. The minimum atomic E-state index is -4.56. The van der Waals surface area contributed by atoms with Crippen LogP contribution in [0.4, 0.5) is 18.3 Å². The average Bonchev–Trinajstić information content (AvgIpc) is 3.07. The first-order valence-corrected chi connectivity index (χ1v) is 7.74. The largest absolute Gasteiger partial charge is 0.469 e. The van der Waals surface area contributed by atoms with Gasteiger partial charge in [0.1, 0.15) is 0 Å². The number of halogens is 3. The van der Waals surface area contributed by atoms with Crippen molar-refractivity contribution in [2.75, 3.05) is 19.1 Å². The molecule has 0 saturated heterocycles. The zero-order valence-electron chi connectivity index (χ0n) is 13.2. The maximum absolute atomic E-state index is 13.1. The summed E-state index contributed by atoms with van der Waals surface area (Å²) in [4.78, 5) is 27.9. The van der Waals surface area contributed by atoms with E-state index in [1.807, 2.05) is 0 Å². The van der Waals surface area contributed by atoms with Gasteiger partial charge in [-0.2, -0.15) is 13.2 Å². The molecule has 0 fully saturated rings. The zero-order chi connectivity index (χ0) is 18.6. The topological polar surface area (TPSA) is 85.3 Å². The molecule has 11 heteroatoms. The Balaban J connectivity index is 2.21. The van der Waals surface area contributed by atoms with Gasteiger partial charge >= 0.3 is 12.1 Å². The van der Waals surface area contributed by atoms with Gasteiger partial charge in [0.05, 0.1) is 19.1 Å². The molecule has 134 valence electrons. The standard InChI is InChI=1S/C14H13F3N4O3S/c1-21(10(22)3-4-11(23)24-2)13-20-19-12(25-13)8-7-18-6-5-9(8)14(15,16)17/h5-7H,3-4H2,1-2H3. The van der Waals surface area contributed by atoms with E-state index in [-0.39, 0.29) is 28.5 Å². The molecular weight excluding hydrogens is 361 g/mol. The fourth-order valence-corrected chi connectivity index (χ4v) is 2.70. The van der Waals surface area contributed by atoms with Gasteiger partial charge < -0.3 is 4.74 Å². The molecule has 25 heavy (non-hydrogen) atoms. The molecule has 1 amide bonds. The second-order valence-corrected chi connectivity index (χ2v) is 5.79. The van der Waals surface area contributed by atoms with Gasteiger partial charge in [0, 0.05) is 31.4 Å². The fourth-order valence-electron chi connectivity index (χ4n) is 1.86. The van der Waals surface area contributed by atoms with E-state index in [0.717, 1.165) is 34.7 Å². The highest BCUT2D eigenvalue weighted by Gasteiger charge is 2.34. The second kappa shape index (κ2) is 7.55. The number of alkyl halides is 3. The summed E-state index contributed by atoms with van der Waals surface area (Å²) in [5, 5.41) is 7.57. The molecule has 2 aromatic heterocycles. The van der Waals surface area contributed by atoms with Gasteiger partial charge in [0.15, 0.2) is 5.01 Å². The molecule has 0 bridgehead atoms. The number of nitrogens with zero attached hydrogens (tertiary/aromatic N) is 4. The molecule has 0 aliphatic heterocycles. The van der Waals surface area contributed by atoms with Gasteiger partial charge in [0.2, 0.25) is 11.0 Å². The van der Waals surface area contributed by atoms with Crippen LogP contribution in [0.2, 0.25) is 0 Å². The van der Waals surface area contributed by atoms with Crippen LogP contribution >= 0.6 is 11.3 Å². The summed E-state index contributed by atoms with van der Waals surface area (Å²) in [6.45, 7) is 0. The van der Waals surface area contributed by atoms with Crippen molar-refractivity contribution in [1.29, 1.82) is 0 Å². The van der Waals surface area contributed by atoms with E-state index < -0.39 is 23.6 Å². The lowest BCUT2D eigenvalue weighted by molar-refractivity contribution is -0.141. The first-order valence-electron chi connectivity index (χ1n) is 6.92. The third-order valence-corrected chi connectivity index (χ3v) is 4.24. The number of carbonyl (C=O) groups is 2. The molecule has 0 aromatic carbocycles. The highest BCUT2D eigenvalue weighted by atomic mass is 32.1. The third kappa shape index (κ3) is 4.50. The smallest absolute Gasteiger partial charge is 0.417 e. The summed E-state index contributed by atoms with van der Waals surface area (Å²) in [6, 6.07) is 0.849. The summed E-state index contributed by atoms with van der Waals surface area (Å²) < 4.78 is 43.6. The van der Waals surface area contributed by atoms with E-state index in [2.05, 4.69) is 19.9 Å². The van der Waals surface area contributed by atoms with Crippen molar-refractivity contribution in [1.82, 2.24) is 15.2 Å². The Morgan fingerprint density at radius 1 is 1.28 bits per heavy atom. The number of pyridine rings is 1. The predicted octanol–water partition coefficient (Wildman–Crippen LogP) is 2.53. The minimum absolute atomic E-state index is 0.0111. The van der Waals surface area contributed by atoms with Crippen molar-refractivity contribution in [3.05, 3.63) is 24.0 Å². The molecule has 0 aliphatic rings. The Morgan fingerprint density at radius 3 is 2.64 bits per heavy atom. The monoisotopic (exact) mass is 374 g/mol. The van der Waals surface area contributed by atoms with Gasteiger partial charge in [-0.3, -0.25) is 19.5 Å². The Morgan fingerprint density at radius 2 is 2.00 bits per heavy atom. The number of hydrogen-bond donors (Lipinski definition) is 0. The summed E-state index contributed by atoms with van der Waals surface area (Å²) in [7, 11) is 2.61. The normalized spacial score (nSPS) is 11.2. The van der Waals surface area contributed by atoms with Crippen molar-refractivity contribution < 1.29 is 27.5 Å². The van der Waals surface area contributed by atoms with E-state index in [4.69, 9.17) is 0 Å². The van der Waals surface area contributed by atoms with Crippen LogP contribution in [-0.2, 0) is 20.5 Å². The molecular formula is C14H13F3N4O3S. The number of anilines is 1. The Bertz CT molecular complexity index is 779. The fraction of sp³-hybridized carbons (Fsp3) is 0.357. The summed E-state index contributed by atoms with van der Waals surface area (Å²) in [5.41, 5.74) is -1.10. The number of methoxy groups -OCH3 is 1. The number of aromatic nitrogens is 3. The lowest BCUT2D eigenvalue weighted by atomic mass is 10.1. The van der Waals surface area contributed by atoms with Crippen molar-refractivity contribution in [3.63, 3.8) is 0 Å². The van der Waals surface area contributed by atoms with Crippen LogP contribution in [-0.4, -0.2) is 41.2 Å². The van der Waals surface area contributed by atoms with Crippen LogP contribution in [0.5, 0.6) is 0 Å². The molecule has 7 nitrogen and oxygen atoms in total. The van der Waals surface area contributed by atoms with Gasteiger partial charge in [-0.15, -0.1) is 10.2 Å². The van der Waals surface area contributed by atoms with Crippen LogP contribution < -0.4 is 4.90 Å². The number of carbonyl (C=O) groups excluding carboxylic acids is 2. The zero-order valence-corrected chi connectivity index (χ0v) is 14.0. The van der Waals surface area contributed by atoms with Gasteiger partial charge in [0.25, 0.3) is 0 Å². The van der Waals surface area contributed by atoms with Gasteiger partial charge in [-0.25, -0.2) is 0 Å². The molecule has 0 radical (unpaired) electrons. The van der Waals surface area contributed by atoms with E-state index in [1.54, 1.807) is 0 Å². The number of rotatable bonds is 5. The van der Waals surface area contributed by atoms with Crippen molar-refractivity contribution in [2.24, 2.45) is 0 Å². The summed E-state index contributed by atoms with van der Waals surface area (Å²) in [6.07, 6.45) is -2.69. The van der Waals surface area contributed by atoms with Crippen molar-refractivity contribution in [3.8, 4) is 10.6 Å². The maximum Gasteiger partial charge on any atom is 0.417 e. The van der Waals surface area contributed by atoms with E-state index >= 15 is 0 Å². The first kappa shape index (κ1) is 18.8. The highest BCUT2D eigenvalue weighted by Crippen LogP contribution is 2.38. The molecule has 0 N–H and O–H groups in total. The second-order valence-electron chi connectivity index (χ2n) is 4.84. The molecule has 0 aliphatic carbocycles. The number of hydrogen-bond acceptors (Lipinski definition) is 7. The maximum atomic E-state index is 13.1. The van der Waals surface area contributed by atoms with Crippen LogP contribution in [0.3, 0.4) is 0 Å². The van der Waals surface area contributed by atoms with Crippen LogP contribution in [0.1, 0.15) is 18.4 Å². The van der Waals surface area contributed by atoms with Gasteiger partial charge in [-0.1, -0.05) is 11.3 Å². The number of esters is 1. The lowest BCUT2D eigenvalue weighted by Gasteiger charge is -2.12. The van der Waals surface area contributed by atoms with E-state index in [9.17, 15) is 22.8 Å². The van der Waals surface area contributed by atoms with E-state index in [1.165, 1.54) is 14.2 Å². The molecule has 2 heterocycles. The van der Waals surface area contributed by atoms with Crippen LogP contribution in [0.25, 0.3) is 10.6 Å². The number of ether oxygens (including phenoxy) is 1. The average molecular weight is 374 g/mol. The van der Waals surface area contributed by atoms with Gasteiger partial charge in [-0.05, 0) is 6.07 Å². The predicted molar refractivity (Wildman–Crippen MR) is 82.8 cm³/mol. The third-order valence-electron chi connectivity index (χ3n) is 3.20. The van der Waals surface area contributed by atoms with Crippen molar-refractivity contribution in [2.45, 2.75) is 19.0 Å². The number of amides is 1. The first-order chi connectivity index (χ1) is 11.7. The Labute approximate surface area is 144 Å². The summed E-state index contributed by atoms with van der Waals surface area (Å²) >= 11 is 0.819. The van der Waals surface area contributed by atoms with Crippen LogP contribution in [0.15, 0.2) is 18.5 Å². The van der Waals surface area contributed by atoms with E-state index in [0.29, 0.717) is 0 Å². The molecule has 0 spiro atoms. The molecule has 2 rings (SSSR count). The molecule has 0 atom stereocenters. The lowest BCUT2D eigenvalue weighted by Crippen LogP contribution is -2.26. The molecule has 2 aromatic rings. The highest BCUT2D eigenvalue weighted by molar-refractivity contribution is 7.18. The van der Waals surface area contributed by atoms with Crippen molar-refractivity contribution >= 4 is 28.3 Å². The minimum Gasteiger partial charge on any atom is -0.469 e.